The molecule has 0 saturated carbocycles. The predicted octanol–water partition coefficient (Wildman–Crippen LogP) is 1.86. The summed E-state index contributed by atoms with van der Waals surface area (Å²) in [6, 6.07) is 0.0789. The number of hydrogen-bond acceptors (Lipinski definition) is 5. The van der Waals surface area contributed by atoms with Gasteiger partial charge >= 0.3 is 0 Å². The Morgan fingerprint density at radius 1 is 1.42 bits per heavy atom. The van der Waals surface area contributed by atoms with Gasteiger partial charge < -0.3 is 0 Å². The average molecular weight is 347 g/mol. The van der Waals surface area contributed by atoms with Crippen LogP contribution in [0.3, 0.4) is 0 Å². The number of carbonyl (C=O) groups is 1. The fraction of sp³-hybridized carbons (Fsp3) is 0.444. The van der Waals surface area contributed by atoms with Crippen LogP contribution in [0.2, 0.25) is 8.67 Å². The molecule has 0 spiro atoms. The van der Waals surface area contributed by atoms with Crippen LogP contribution in [0.1, 0.15) is 13.8 Å². The first-order valence-electron chi connectivity index (χ1n) is 5.10. The Labute approximate surface area is 124 Å². The van der Waals surface area contributed by atoms with Crippen molar-refractivity contribution in [3.8, 4) is 0 Å². The lowest BCUT2D eigenvalue weighted by molar-refractivity contribution is -0.131. The van der Waals surface area contributed by atoms with Gasteiger partial charge in [-0.3, -0.25) is 10.0 Å². The third kappa shape index (κ3) is 4.04. The number of amides is 1. The molecule has 108 valence electrons. The van der Waals surface area contributed by atoms with E-state index < -0.39 is 22.0 Å². The lowest BCUT2D eigenvalue weighted by atomic mass is 10.1. The van der Waals surface area contributed by atoms with Gasteiger partial charge in [-0.2, -0.15) is 4.72 Å². The number of sulfonamides is 1. The van der Waals surface area contributed by atoms with Crippen molar-refractivity contribution in [2.45, 2.75) is 24.8 Å². The van der Waals surface area contributed by atoms with Gasteiger partial charge in [-0.05, 0) is 12.0 Å². The molecule has 0 aromatic carbocycles. The minimum Gasteiger partial charge on any atom is -0.289 e. The fourth-order valence-corrected chi connectivity index (χ4v) is 4.79. The molecule has 0 aliphatic heterocycles. The van der Waals surface area contributed by atoms with E-state index in [1.54, 1.807) is 13.8 Å². The molecule has 19 heavy (non-hydrogen) atoms. The molecule has 6 nitrogen and oxygen atoms in total. The highest BCUT2D eigenvalue weighted by Gasteiger charge is 2.30. The zero-order valence-corrected chi connectivity index (χ0v) is 13.1. The first-order valence-corrected chi connectivity index (χ1v) is 8.15. The van der Waals surface area contributed by atoms with E-state index >= 15 is 0 Å². The van der Waals surface area contributed by atoms with Gasteiger partial charge in [-0.25, -0.2) is 13.9 Å². The van der Waals surface area contributed by atoms with Crippen LogP contribution in [-0.4, -0.2) is 25.6 Å². The molecule has 0 saturated heterocycles. The van der Waals surface area contributed by atoms with Crippen LogP contribution in [0.4, 0.5) is 0 Å². The van der Waals surface area contributed by atoms with E-state index in [4.69, 9.17) is 28.4 Å². The highest BCUT2D eigenvalue weighted by Crippen LogP contribution is 2.34. The Morgan fingerprint density at radius 2 is 2.00 bits per heavy atom. The summed E-state index contributed by atoms with van der Waals surface area (Å²) in [5, 5.41) is 8.60. The maximum Gasteiger partial charge on any atom is 0.261 e. The van der Waals surface area contributed by atoms with Crippen molar-refractivity contribution in [2.75, 3.05) is 0 Å². The number of carbonyl (C=O) groups excluding carboxylic acids is 1. The van der Waals surface area contributed by atoms with Crippen LogP contribution in [-0.2, 0) is 14.8 Å². The molecule has 1 aromatic rings. The Hall–Kier alpha value is -0.380. The van der Waals surface area contributed by atoms with Crippen LogP contribution in [0.5, 0.6) is 0 Å². The number of thiophene rings is 1. The van der Waals surface area contributed by atoms with Crippen molar-refractivity contribution in [2.24, 2.45) is 5.92 Å². The monoisotopic (exact) mass is 346 g/mol. The molecule has 0 aliphatic rings. The molecular weight excluding hydrogens is 335 g/mol. The molecule has 1 amide bonds. The molecule has 0 fully saturated rings. The third-order valence-electron chi connectivity index (χ3n) is 2.26. The van der Waals surface area contributed by atoms with Crippen molar-refractivity contribution in [3.05, 3.63) is 14.7 Å². The molecule has 3 N–H and O–H groups in total. The Kier molecular flexibility index (Phi) is 5.60. The van der Waals surface area contributed by atoms with E-state index in [1.165, 1.54) is 11.5 Å². The molecule has 10 heteroatoms. The van der Waals surface area contributed by atoms with E-state index in [0.717, 1.165) is 11.3 Å². The zero-order valence-electron chi connectivity index (χ0n) is 9.98. The van der Waals surface area contributed by atoms with E-state index in [9.17, 15) is 13.2 Å². The number of hydrogen-bond donors (Lipinski definition) is 3. The number of halogens is 2. The molecule has 0 bridgehead atoms. The van der Waals surface area contributed by atoms with Crippen LogP contribution in [0.25, 0.3) is 0 Å². The smallest absolute Gasteiger partial charge is 0.261 e. The summed E-state index contributed by atoms with van der Waals surface area (Å²) in [6.07, 6.45) is 0. The molecule has 1 rings (SSSR count). The Balaban J connectivity index is 3.08. The first-order chi connectivity index (χ1) is 8.69. The fourth-order valence-electron chi connectivity index (χ4n) is 1.30. The molecular formula is C9H12Cl2N2O4S2. The second-order valence-corrected chi connectivity index (χ2v) is 7.98. The number of hydroxylamine groups is 1. The van der Waals surface area contributed by atoms with Crippen molar-refractivity contribution < 1.29 is 18.4 Å². The summed E-state index contributed by atoms with van der Waals surface area (Å²) in [4.78, 5) is 11.2. The lowest BCUT2D eigenvalue weighted by Gasteiger charge is -2.19. The largest absolute Gasteiger partial charge is 0.289 e. The normalized spacial score (nSPS) is 13.6. The Morgan fingerprint density at radius 3 is 2.37 bits per heavy atom. The van der Waals surface area contributed by atoms with Gasteiger partial charge in [-0.1, -0.05) is 37.0 Å². The van der Waals surface area contributed by atoms with Gasteiger partial charge in [0.25, 0.3) is 5.91 Å². The van der Waals surface area contributed by atoms with Gasteiger partial charge in [0.1, 0.15) is 15.3 Å². The summed E-state index contributed by atoms with van der Waals surface area (Å²) >= 11 is 12.4. The molecule has 0 radical (unpaired) electrons. The van der Waals surface area contributed by atoms with Gasteiger partial charge in [0.2, 0.25) is 10.0 Å². The number of rotatable bonds is 5. The highest BCUT2D eigenvalue weighted by atomic mass is 35.5. The molecule has 1 heterocycles. The highest BCUT2D eigenvalue weighted by molar-refractivity contribution is 7.89. The van der Waals surface area contributed by atoms with E-state index in [-0.39, 0.29) is 19.5 Å². The predicted molar refractivity (Wildman–Crippen MR) is 73.2 cm³/mol. The third-order valence-corrected chi connectivity index (χ3v) is 5.45. The van der Waals surface area contributed by atoms with E-state index in [1.807, 2.05) is 0 Å². The second kappa shape index (κ2) is 6.38. The van der Waals surface area contributed by atoms with Crippen LogP contribution >= 0.6 is 34.5 Å². The van der Waals surface area contributed by atoms with Crippen LogP contribution in [0.15, 0.2) is 11.0 Å². The summed E-state index contributed by atoms with van der Waals surface area (Å²) in [7, 11) is -4.00. The minimum atomic E-state index is -4.00. The second-order valence-electron chi connectivity index (χ2n) is 4.01. The molecule has 1 aromatic heterocycles. The average Bonchev–Trinajstić information content (AvgIpc) is 2.65. The number of nitrogens with one attached hydrogen (secondary N) is 2. The SMILES string of the molecule is CC(C)C(NS(=O)(=O)c1cc(Cl)sc1Cl)C(=O)NO. The van der Waals surface area contributed by atoms with Gasteiger partial charge in [0.15, 0.2) is 0 Å². The van der Waals surface area contributed by atoms with E-state index in [0.29, 0.717) is 0 Å². The quantitative estimate of drug-likeness (QED) is 0.560. The van der Waals surface area contributed by atoms with Crippen molar-refractivity contribution >= 4 is 50.5 Å². The lowest BCUT2D eigenvalue weighted by Crippen LogP contribution is -2.48. The molecule has 0 aliphatic carbocycles. The summed E-state index contributed by atoms with van der Waals surface area (Å²) in [6.45, 7) is 3.26. The van der Waals surface area contributed by atoms with Crippen molar-refractivity contribution in [3.63, 3.8) is 0 Å². The van der Waals surface area contributed by atoms with Crippen molar-refractivity contribution in [1.29, 1.82) is 0 Å². The van der Waals surface area contributed by atoms with Gasteiger partial charge in [0.05, 0.1) is 4.34 Å². The maximum atomic E-state index is 12.1. The van der Waals surface area contributed by atoms with Gasteiger partial charge in [0, 0.05) is 0 Å². The summed E-state index contributed by atoms with van der Waals surface area (Å²) < 4.78 is 26.6. The zero-order chi connectivity index (χ0) is 14.8. The molecule has 1 atom stereocenters. The van der Waals surface area contributed by atoms with Crippen molar-refractivity contribution in [1.82, 2.24) is 10.2 Å². The first kappa shape index (κ1) is 16.7. The van der Waals surface area contributed by atoms with E-state index in [2.05, 4.69) is 4.72 Å². The van der Waals surface area contributed by atoms with Crippen LogP contribution in [0, 0.1) is 5.92 Å². The molecule has 1 unspecified atom stereocenters. The summed E-state index contributed by atoms with van der Waals surface area (Å²) in [5.74, 6) is -1.22. The summed E-state index contributed by atoms with van der Waals surface area (Å²) in [5.41, 5.74) is 1.42. The van der Waals surface area contributed by atoms with Crippen LogP contribution < -0.4 is 10.2 Å². The maximum absolute atomic E-state index is 12.1. The van der Waals surface area contributed by atoms with Gasteiger partial charge in [-0.15, -0.1) is 11.3 Å². The Bertz CT molecular complexity index is 571. The minimum absolute atomic E-state index is 0.00409. The topological polar surface area (TPSA) is 95.5 Å². The standard InChI is InChI=1S/C9H12Cl2N2O4S2/c1-4(2)7(9(14)12-15)13-19(16,17)5-3-6(10)18-8(5)11/h3-4,7,13,15H,1-2H3,(H,12,14).